The van der Waals surface area contributed by atoms with Gasteiger partial charge in [0.25, 0.3) is 0 Å². The number of aromatic nitrogens is 5. The van der Waals surface area contributed by atoms with Gasteiger partial charge in [-0.2, -0.15) is 15.0 Å². The molecule has 0 bridgehead atoms. The molecule has 0 saturated carbocycles. The largest absolute Gasteiger partial charge is 0.467 e. The van der Waals surface area contributed by atoms with Crippen LogP contribution in [-0.2, 0) is 6.54 Å². The summed E-state index contributed by atoms with van der Waals surface area (Å²) in [5.41, 5.74) is 3.43. The number of methoxy groups -OCH3 is 1. The Morgan fingerprint density at radius 3 is 2.14 bits per heavy atom. The van der Waals surface area contributed by atoms with E-state index in [1.807, 2.05) is 37.3 Å². The van der Waals surface area contributed by atoms with E-state index in [2.05, 4.69) is 20.2 Å². The fraction of sp³-hybridized carbons (Fsp3) is 0.200. The summed E-state index contributed by atoms with van der Waals surface area (Å²) in [6.45, 7) is 2.71. The number of rotatable bonds is 4. The highest BCUT2D eigenvalue weighted by Crippen LogP contribution is 2.28. The number of ether oxygens (including phenoxy) is 1. The zero-order valence-electron chi connectivity index (χ0n) is 11.9. The minimum Gasteiger partial charge on any atom is -0.467 e. The van der Waals surface area contributed by atoms with Gasteiger partial charge in [0.2, 0.25) is 0 Å². The van der Waals surface area contributed by atoms with Crippen molar-refractivity contribution < 1.29 is 4.74 Å². The molecule has 0 atom stereocenters. The van der Waals surface area contributed by atoms with Crippen molar-refractivity contribution in [3.8, 4) is 28.5 Å². The molecule has 0 aliphatic heterocycles. The summed E-state index contributed by atoms with van der Waals surface area (Å²) in [7, 11) is 1.54. The van der Waals surface area contributed by atoms with E-state index in [1.54, 1.807) is 17.2 Å². The van der Waals surface area contributed by atoms with Crippen molar-refractivity contribution in [1.82, 2.24) is 25.0 Å². The second-order valence-corrected chi connectivity index (χ2v) is 4.41. The first-order chi connectivity index (χ1) is 10.3. The molecular formula is C15H15N5O. The fourth-order valence-electron chi connectivity index (χ4n) is 2.02. The van der Waals surface area contributed by atoms with Gasteiger partial charge in [-0.1, -0.05) is 30.3 Å². The summed E-state index contributed by atoms with van der Waals surface area (Å²) in [5, 5.41) is 9.05. The Morgan fingerprint density at radius 2 is 1.57 bits per heavy atom. The summed E-state index contributed by atoms with van der Waals surface area (Å²) in [6.07, 6.45) is 3.39. The van der Waals surface area contributed by atoms with E-state index >= 15 is 0 Å². The fourth-order valence-corrected chi connectivity index (χ4v) is 2.02. The van der Waals surface area contributed by atoms with Crippen molar-refractivity contribution in [2.45, 2.75) is 13.5 Å². The van der Waals surface area contributed by atoms with Crippen LogP contribution >= 0.6 is 0 Å². The monoisotopic (exact) mass is 281 g/mol. The molecule has 21 heavy (non-hydrogen) atoms. The molecule has 0 fully saturated rings. The van der Waals surface area contributed by atoms with Crippen molar-refractivity contribution in [3.05, 3.63) is 42.7 Å². The van der Waals surface area contributed by atoms with E-state index in [1.165, 1.54) is 7.11 Å². The van der Waals surface area contributed by atoms with Crippen LogP contribution in [-0.4, -0.2) is 32.1 Å². The van der Waals surface area contributed by atoms with Crippen molar-refractivity contribution in [2.75, 3.05) is 7.11 Å². The zero-order chi connectivity index (χ0) is 14.7. The number of benzene rings is 1. The minimum atomic E-state index is 0.336. The predicted octanol–water partition coefficient (Wildman–Crippen LogP) is 2.43. The summed E-state index contributed by atoms with van der Waals surface area (Å²) < 4.78 is 4.98. The molecule has 3 rings (SSSR count). The van der Waals surface area contributed by atoms with Crippen LogP contribution in [0.15, 0.2) is 42.7 Å². The molecule has 6 nitrogen and oxygen atoms in total. The summed E-state index contributed by atoms with van der Waals surface area (Å²) in [5.74, 6) is 0. The highest BCUT2D eigenvalue weighted by Gasteiger charge is 2.15. The van der Waals surface area contributed by atoms with Gasteiger partial charge in [-0.15, -0.1) is 0 Å². The molecule has 0 spiro atoms. The molecule has 0 aliphatic rings. The van der Waals surface area contributed by atoms with Crippen LogP contribution in [0.1, 0.15) is 6.92 Å². The molecule has 6 heteroatoms. The Balaban J connectivity index is 2.10. The quantitative estimate of drug-likeness (QED) is 0.734. The molecule has 0 unspecified atom stereocenters. The Bertz CT molecular complexity index is 722. The topological polar surface area (TPSA) is 65.7 Å². The molecule has 2 aromatic heterocycles. The van der Waals surface area contributed by atoms with Crippen LogP contribution in [0.3, 0.4) is 0 Å². The van der Waals surface area contributed by atoms with Gasteiger partial charge >= 0.3 is 6.01 Å². The van der Waals surface area contributed by atoms with E-state index < -0.39 is 0 Å². The van der Waals surface area contributed by atoms with Gasteiger partial charge in [-0.25, -0.2) is 9.97 Å². The lowest BCUT2D eigenvalue weighted by Crippen LogP contribution is -1.98. The molecule has 0 saturated heterocycles. The van der Waals surface area contributed by atoms with Crippen LogP contribution in [0.5, 0.6) is 6.01 Å². The van der Waals surface area contributed by atoms with Crippen molar-refractivity contribution >= 4 is 0 Å². The SMILES string of the molecule is CCn1nc(-c2ccccc2)c(-c2cnc(OC)nc2)n1. The van der Waals surface area contributed by atoms with Crippen molar-refractivity contribution in [1.29, 1.82) is 0 Å². The lowest BCUT2D eigenvalue weighted by Gasteiger charge is -2.01. The van der Waals surface area contributed by atoms with Crippen molar-refractivity contribution in [3.63, 3.8) is 0 Å². The number of hydrogen-bond acceptors (Lipinski definition) is 5. The molecule has 1 aromatic carbocycles. The van der Waals surface area contributed by atoms with E-state index in [9.17, 15) is 0 Å². The lowest BCUT2D eigenvalue weighted by molar-refractivity contribution is 0.380. The minimum absolute atomic E-state index is 0.336. The van der Waals surface area contributed by atoms with E-state index in [4.69, 9.17) is 4.74 Å². The Labute approximate surface area is 122 Å². The molecular weight excluding hydrogens is 266 g/mol. The number of hydrogen-bond donors (Lipinski definition) is 0. The van der Waals surface area contributed by atoms with E-state index in [0.717, 1.165) is 22.5 Å². The molecule has 0 amide bonds. The third-order valence-corrected chi connectivity index (χ3v) is 3.07. The molecule has 106 valence electrons. The Kier molecular flexibility index (Phi) is 3.59. The van der Waals surface area contributed by atoms with Gasteiger partial charge in [0.1, 0.15) is 11.4 Å². The third-order valence-electron chi connectivity index (χ3n) is 3.07. The smallest absolute Gasteiger partial charge is 0.316 e. The first-order valence-electron chi connectivity index (χ1n) is 6.68. The average molecular weight is 281 g/mol. The van der Waals surface area contributed by atoms with Crippen LogP contribution in [0.2, 0.25) is 0 Å². The van der Waals surface area contributed by atoms with E-state index in [-0.39, 0.29) is 0 Å². The van der Waals surface area contributed by atoms with Gasteiger partial charge in [-0.3, -0.25) is 0 Å². The highest BCUT2D eigenvalue weighted by atomic mass is 16.5. The van der Waals surface area contributed by atoms with Crippen LogP contribution in [0.25, 0.3) is 22.5 Å². The summed E-state index contributed by atoms with van der Waals surface area (Å²) in [6, 6.07) is 10.3. The Hall–Kier alpha value is -2.76. The standard InChI is InChI=1S/C15H15N5O/c1-3-20-18-13(11-7-5-4-6-8-11)14(19-20)12-9-16-15(21-2)17-10-12/h4-10H,3H2,1-2H3. The lowest BCUT2D eigenvalue weighted by atomic mass is 10.1. The molecule has 0 radical (unpaired) electrons. The number of nitrogens with zero attached hydrogens (tertiary/aromatic N) is 5. The summed E-state index contributed by atoms with van der Waals surface area (Å²) in [4.78, 5) is 9.93. The molecule has 2 heterocycles. The van der Waals surface area contributed by atoms with Crippen LogP contribution in [0.4, 0.5) is 0 Å². The first-order valence-corrected chi connectivity index (χ1v) is 6.68. The first kappa shape index (κ1) is 13.2. The van der Waals surface area contributed by atoms with Gasteiger partial charge in [-0.05, 0) is 6.92 Å². The second kappa shape index (κ2) is 5.70. The third kappa shape index (κ3) is 2.60. The summed E-state index contributed by atoms with van der Waals surface area (Å²) >= 11 is 0. The van der Waals surface area contributed by atoms with Gasteiger partial charge in [0.15, 0.2) is 0 Å². The second-order valence-electron chi connectivity index (χ2n) is 4.41. The van der Waals surface area contributed by atoms with Gasteiger partial charge in [0, 0.05) is 23.5 Å². The van der Waals surface area contributed by atoms with Gasteiger partial charge < -0.3 is 4.74 Å². The van der Waals surface area contributed by atoms with Gasteiger partial charge in [0.05, 0.1) is 13.7 Å². The van der Waals surface area contributed by atoms with Crippen molar-refractivity contribution in [2.24, 2.45) is 0 Å². The maximum Gasteiger partial charge on any atom is 0.316 e. The zero-order valence-corrected chi connectivity index (χ0v) is 11.9. The maximum atomic E-state index is 4.98. The van der Waals surface area contributed by atoms with E-state index in [0.29, 0.717) is 12.6 Å². The molecule has 0 aliphatic carbocycles. The highest BCUT2D eigenvalue weighted by molar-refractivity contribution is 5.76. The molecule has 0 N–H and O–H groups in total. The molecule has 3 aromatic rings. The van der Waals surface area contributed by atoms with Crippen LogP contribution < -0.4 is 4.74 Å². The normalized spacial score (nSPS) is 10.6. The van der Waals surface area contributed by atoms with Crippen LogP contribution in [0, 0.1) is 0 Å². The predicted molar refractivity (Wildman–Crippen MR) is 78.7 cm³/mol. The maximum absolute atomic E-state index is 4.98. The Morgan fingerprint density at radius 1 is 0.952 bits per heavy atom. The number of aryl methyl sites for hydroxylation is 1. The average Bonchev–Trinajstić information content (AvgIpc) is 3.00.